The first-order valence-corrected chi connectivity index (χ1v) is 10.6. The Balaban J connectivity index is 1.20. The molecular formula is C21H24N4O2S. The van der Waals surface area contributed by atoms with Gasteiger partial charge in [-0.1, -0.05) is 12.1 Å². The number of benzene rings is 1. The molecule has 2 amide bonds. The first-order valence-electron chi connectivity index (χ1n) is 9.76. The molecule has 2 fully saturated rings. The van der Waals surface area contributed by atoms with Gasteiger partial charge in [0.25, 0.3) is 0 Å². The summed E-state index contributed by atoms with van der Waals surface area (Å²) in [6.07, 6.45) is 2.30. The molecular weight excluding hydrogens is 372 g/mol. The zero-order valence-electron chi connectivity index (χ0n) is 16.0. The van der Waals surface area contributed by atoms with Gasteiger partial charge in [-0.3, -0.25) is 0 Å². The van der Waals surface area contributed by atoms with Gasteiger partial charge in [0.15, 0.2) is 10.8 Å². The smallest absolute Gasteiger partial charge is 0.317 e. The Morgan fingerprint density at radius 2 is 2.07 bits per heavy atom. The second-order valence-corrected chi connectivity index (χ2v) is 9.10. The Bertz CT molecular complexity index is 980. The van der Waals surface area contributed by atoms with Crippen LogP contribution in [0.15, 0.2) is 40.8 Å². The van der Waals surface area contributed by atoms with Gasteiger partial charge in [0.1, 0.15) is 5.76 Å². The third-order valence-electron chi connectivity index (χ3n) is 5.93. The van der Waals surface area contributed by atoms with Crippen LogP contribution in [0.5, 0.6) is 0 Å². The SMILES string of the molecule is CN1CCC2(CCN(C(=O)NCc3ccc(-c4nc5ccccc5s4)o3)C2)C1. The van der Waals surface area contributed by atoms with Crippen molar-refractivity contribution in [3.05, 3.63) is 42.2 Å². The number of hydrogen-bond donors (Lipinski definition) is 1. The standard InChI is InChI=1S/C21H24N4O2S/c1-24-10-8-21(13-24)9-11-25(14-21)20(26)22-12-15-6-7-17(27-15)19-23-16-4-2-3-5-18(16)28-19/h2-7H,8-14H2,1H3,(H,22,26). The molecule has 146 valence electrons. The Morgan fingerprint density at radius 1 is 1.21 bits per heavy atom. The monoisotopic (exact) mass is 396 g/mol. The lowest BCUT2D eigenvalue weighted by molar-refractivity contribution is 0.198. The predicted octanol–water partition coefficient (Wildman–Crippen LogP) is 3.79. The number of aromatic nitrogens is 1. The van der Waals surface area contributed by atoms with E-state index >= 15 is 0 Å². The molecule has 1 N–H and O–H groups in total. The van der Waals surface area contributed by atoms with Crippen LogP contribution in [0.3, 0.4) is 0 Å². The third kappa shape index (κ3) is 3.29. The van der Waals surface area contributed by atoms with Crippen molar-refractivity contribution in [2.24, 2.45) is 5.41 Å². The molecule has 28 heavy (non-hydrogen) atoms. The third-order valence-corrected chi connectivity index (χ3v) is 6.99. The summed E-state index contributed by atoms with van der Waals surface area (Å²) in [5.41, 5.74) is 1.28. The maximum Gasteiger partial charge on any atom is 0.317 e. The van der Waals surface area contributed by atoms with Crippen LogP contribution in [0, 0.1) is 5.41 Å². The number of carbonyl (C=O) groups excluding carboxylic acids is 1. The summed E-state index contributed by atoms with van der Waals surface area (Å²) in [5.74, 6) is 1.50. The fourth-order valence-corrected chi connectivity index (χ4v) is 5.37. The number of rotatable bonds is 3. The van der Waals surface area contributed by atoms with E-state index in [2.05, 4.69) is 28.3 Å². The second-order valence-electron chi connectivity index (χ2n) is 8.07. The predicted molar refractivity (Wildman–Crippen MR) is 110 cm³/mol. The lowest BCUT2D eigenvalue weighted by Crippen LogP contribution is -2.40. The van der Waals surface area contributed by atoms with E-state index in [1.165, 1.54) is 6.42 Å². The molecule has 1 aromatic carbocycles. The van der Waals surface area contributed by atoms with E-state index in [9.17, 15) is 4.79 Å². The number of likely N-dealkylation sites (tertiary alicyclic amines) is 2. The summed E-state index contributed by atoms with van der Waals surface area (Å²) in [5, 5.41) is 3.88. The molecule has 2 aromatic heterocycles. The molecule has 1 atom stereocenters. The summed E-state index contributed by atoms with van der Waals surface area (Å²) < 4.78 is 7.07. The van der Waals surface area contributed by atoms with Crippen LogP contribution >= 0.6 is 11.3 Å². The van der Waals surface area contributed by atoms with Crippen molar-refractivity contribution in [1.29, 1.82) is 0 Å². The lowest BCUT2D eigenvalue weighted by atomic mass is 9.86. The summed E-state index contributed by atoms with van der Waals surface area (Å²) >= 11 is 1.61. The largest absolute Gasteiger partial charge is 0.457 e. The number of furan rings is 1. The number of hydrogen-bond acceptors (Lipinski definition) is 5. The normalized spacial score (nSPS) is 22.5. The van der Waals surface area contributed by atoms with Crippen LogP contribution in [-0.4, -0.2) is 54.0 Å². The van der Waals surface area contributed by atoms with Gasteiger partial charge < -0.3 is 19.5 Å². The Morgan fingerprint density at radius 3 is 2.89 bits per heavy atom. The van der Waals surface area contributed by atoms with Crippen molar-refractivity contribution in [3.63, 3.8) is 0 Å². The quantitative estimate of drug-likeness (QED) is 0.732. The van der Waals surface area contributed by atoms with Gasteiger partial charge in [0.2, 0.25) is 0 Å². The highest BCUT2D eigenvalue weighted by atomic mass is 32.1. The molecule has 2 saturated heterocycles. The molecule has 0 aliphatic carbocycles. The Hall–Kier alpha value is -2.38. The Kier molecular flexibility index (Phi) is 4.36. The van der Waals surface area contributed by atoms with Crippen LogP contribution in [0.25, 0.3) is 21.0 Å². The van der Waals surface area contributed by atoms with Crippen molar-refractivity contribution >= 4 is 27.6 Å². The topological polar surface area (TPSA) is 61.6 Å². The summed E-state index contributed by atoms with van der Waals surface area (Å²) in [6.45, 7) is 4.33. The molecule has 1 unspecified atom stereocenters. The van der Waals surface area contributed by atoms with Gasteiger partial charge in [-0.25, -0.2) is 9.78 Å². The van der Waals surface area contributed by atoms with Crippen molar-refractivity contribution in [2.75, 3.05) is 33.2 Å². The molecule has 0 bridgehead atoms. The highest BCUT2D eigenvalue weighted by Gasteiger charge is 2.43. The molecule has 4 heterocycles. The second kappa shape index (κ2) is 6.90. The van der Waals surface area contributed by atoms with Crippen LogP contribution in [0.1, 0.15) is 18.6 Å². The van der Waals surface area contributed by atoms with E-state index in [1.807, 2.05) is 35.2 Å². The summed E-state index contributed by atoms with van der Waals surface area (Å²) in [7, 11) is 2.16. The molecule has 2 aliphatic heterocycles. The molecule has 3 aromatic rings. The van der Waals surface area contributed by atoms with Gasteiger partial charge >= 0.3 is 6.03 Å². The van der Waals surface area contributed by atoms with E-state index in [4.69, 9.17) is 4.42 Å². The molecule has 0 saturated carbocycles. The highest BCUT2D eigenvalue weighted by molar-refractivity contribution is 7.21. The Labute approximate surface area is 168 Å². The maximum atomic E-state index is 12.6. The minimum absolute atomic E-state index is 0.00404. The minimum atomic E-state index is 0.00404. The number of urea groups is 1. The summed E-state index contributed by atoms with van der Waals surface area (Å²) in [6, 6.07) is 11.9. The first-order chi connectivity index (χ1) is 13.6. The van der Waals surface area contributed by atoms with E-state index < -0.39 is 0 Å². The molecule has 1 spiro atoms. The van der Waals surface area contributed by atoms with Gasteiger partial charge in [-0.05, 0) is 50.7 Å². The van der Waals surface area contributed by atoms with Crippen LogP contribution < -0.4 is 5.32 Å². The number of amides is 2. The van der Waals surface area contributed by atoms with Crippen LogP contribution in [0.2, 0.25) is 0 Å². The lowest BCUT2D eigenvalue weighted by Gasteiger charge is -2.23. The number of para-hydroxylation sites is 1. The van der Waals surface area contributed by atoms with Gasteiger partial charge in [-0.15, -0.1) is 11.3 Å². The fourth-order valence-electron chi connectivity index (χ4n) is 4.44. The number of nitrogens with one attached hydrogen (secondary N) is 1. The fraction of sp³-hybridized carbons (Fsp3) is 0.429. The van der Waals surface area contributed by atoms with Gasteiger partial charge in [0.05, 0.1) is 16.8 Å². The number of nitrogens with zero attached hydrogens (tertiary/aromatic N) is 3. The first kappa shape index (κ1) is 17.7. The van der Waals surface area contributed by atoms with Gasteiger partial charge in [0, 0.05) is 25.0 Å². The van der Waals surface area contributed by atoms with Crippen molar-refractivity contribution in [1.82, 2.24) is 20.1 Å². The van der Waals surface area contributed by atoms with Crippen molar-refractivity contribution in [2.45, 2.75) is 19.4 Å². The molecule has 6 nitrogen and oxygen atoms in total. The minimum Gasteiger partial charge on any atom is -0.457 e. The van der Waals surface area contributed by atoms with Crippen LogP contribution in [0.4, 0.5) is 4.79 Å². The zero-order valence-corrected chi connectivity index (χ0v) is 16.8. The van der Waals surface area contributed by atoms with Gasteiger partial charge in [-0.2, -0.15) is 0 Å². The average Bonchev–Trinajstić information content (AvgIpc) is 3.47. The van der Waals surface area contributed by atoms with E-state index in [0.29, 0.717) is 12.0 Å². The van der Waals surface area contributed by atoms with Crippen LogP contribution in [-0.2, 0) is 6.54 Å². The van der Waals surface area contributed by atoms with Crippen molar-refractivity contribution in [3.8, 4) is 10.8 Å². The average molecular weight is 397 g/mol. The molecule has 0 radical (unpaired) electrons. The highest BCUT2D eigenvalue weighted by Crippen LogP contribution is 2.38. The number of thiazole rings is 1. The molecule has 7 heteroatoms. The number of carbonyl (C=O) groups is 1. The van der Waals surface area contributed by atoms with E-state index in [0.717, 1.165) is 59.3 Å². The molecule has 5 rings (SSSR count). The zero-order chi connectivity index (χ0) is 19.1. The van der Waals surface area contributed by atoms with Crippen molar-refractivity contribution < 1.29 is 9.21 Å². The summed E-state index contributed by atoms with van der Waals surface area (Å²) in [4.78, 5) is 21.5. The molecule has 2 aliphatic rings. The van der Waals surface area contributed by atoms with E-state index in [-0.39, 0.29) is 6.03 Å². The maximum absolute atomic E-state index is 12.6. The van der Waals surface area contributed by atoms with E-state index in [1.54, 1.807) is 11.3 Å². The number of fused-ring (bicyclic) bond motifs is 1.